The van der Waals surface area contributed by atoms with Crippen molar-refractivity contribution in [3.05, 3.63) is 59.9 Å². The number of para-hydroxylation sites is 1. The molecule has 2 aliphatic rings. The number of nitrogens with one attached hydrogen (secondary N) is 1. The van der Waals surface area contributed by atoms with Crippen molar-refractivity contribution in [2.24, 2.45) is 0 Å². The summed E-state index contributed by atoms with van der Waals surface area (Å²) >= 11 is 0. The Balaban J connectivity index is 1.32. The Labute approximate surface area is 191 Å². The van der Waals surface area contributed by atoms with Gasteiger partial charge in [-0.3, -0.25) is 14.5 Å². The quantitative estimate of drug-likeness (QED) is 0.616. The van der Waals surface area contributed by atoms with Crippen LogP contribution in [0.1, 0.15) is 23.2 Å². The molecule has 1 atom stereocenters. The van der Waals surface area contributed by atoms with E-state index in [1.165, 1.54) is 11.0 Å². The van der Waals surface area contributed by atoms with Gasteiger partial charge >= 0.3 is 6.09 Å². The van der Waals surface area contributed by atoms with E-state index in [9.17, 15) is 18.8 Å². The molecule has 2 saturated heterocycles. The van der Waals surface area contributed by atoms with Gasteiger partial charge in [-0.05, 0) is 12.1 Å². The first-order chi connectivity index (χ1) is 16.0. The zero-order valence-electron chi connectivity index (χ0n) is 18.2. The predicted molar refractivity (Wildman–Crippen MR) is 120 cm³/mol. The molecule has 4 rings (SSSR count). The molecular weight excluding hydrogens is 429 g/mol. The van der Waals surface area contributed by atoms with Crippen LogP contribution in [0.5, 0.6) is 0 Å². The second kappa shape index (κ2) is 10.4. The lowest BCUT2D eigenvalue weighted by atomic mass is 10.1. The first-order valence-corrected chi connectivity index (χ1v) is 11.0. The highest BCUT2D eigenvalue weighted by Gasteiger charge is 2.35. The van der Waals surface area contributed by atoms with Gasteiger partial charge in [0.15, 0.2) is 5.78 Å². The number of ketones is 1. The molecular formula is C24H26FN3O5. The number of hydrogen-bond donors (Lipinski definition) is 1. The van der Waals surface area contributed by atoms with Crippen molar-refractivity contribution in [1.29, 1.82) is 0 Å². The van der Waals surface area contributed by atoms with Crippen molar-refractivity contribution in [3.63, 3.8) is 0 Å². The minimum atomic E-state index is -0.589. The highest BCUT2D eigenvalue weighted by Crippen LogP contribution is 2.35. The maximum absolute atomic E-state index is 14.7. The molecule has 2 fully saturated rings. The number of anilines is 2. The van der Waals surface area contributed by atoms with Gasteiger partial charge in [-0.25, -0.2) is 9.18 Å². The molecule has 0 aromatic heterocycles. The van der Waals surface area contributed by atoms with Gasteiger partial charge in [-0.1, -0.05) is 36.4 Å². The van der Waals surface area contributed by atoms with E-state index in [2.05, 4.69) is 5.32 Å². The first kappa shape index (κ1) is 22.7. The van der Waals surface area contributed by atoms with Crippen molar-refractivity contribution >= 4 is 29.2 Å². The van der Waals surface area contributed by atoms with E-state index in [1.807, 2.05) is 11.0 Å². The van der Waals surface area contributed by atoms with E-state index < -0.39 is 18.0 Å². The highest BCUT2D eigenvalue weighted by atomic mass is 19.1. The topological polar surface area (TPSA) is 88.2 Å². The number of nitrogens with zero attached hydrogens (tertiary/aromatic N) is 2. The normalized spacial score (nSPS) is 18.2. The molecule has 174 valence electrons. The number of amides is 2. The number of carbonyl (C=O) groups is 3. The van der Waals surface area contributed by atoms with E-state index >= 15 is 0 Å². The van der Waals surface area contributed by atoms with Gasteiger partial charge in [-0.2, -0.15) is 0 Å². The molecule has 0 unspecified atom stereocenters. The number of cyclic esters (lactones) is 1. The van der Waals surface area contributed by atoms with Gasteiger partial charge in [0.05, 0.1) is 37.7 Å². The van der Waals surface area contributed by atoms with Gasteiger partial charge in [0.2, 0.25) is 5.91 Å². The van der Waals surface area contributed by atoms with E-state index in [1.54, 1.807) is 36.4 Å². The number of morpholine rings is 1. The largest absolute Gasteiger partial charge is 0.442 e. The summed E-state index contributed by atoms with van der Waals surface area (Å²) in [6.07, 6.45) is -1.03. The number of hydrogen-bond acceptors (Lipinski definition) is 6. The van der Waals surface area contributed by atoms with E-state index in [4.69, 9.17) is 9.47 Å². The molecule has 9 heteroatoms. The zero-order valence-corrected chi connectivity index (χ0v) is 18.2. The summed E-state index contributed by atoms with van der Waals surface area (Å²) in [5, 5.41) is 2.72. The number of ether oxygens (including phenoxy) is 2. The third-order valence-electron chi connectivity index (χ3n) is 5.66. The molecule has 1 N–H and O–H groups in total. The van der Waals surface area contributed by atoms with Crippen LogP contribution in [0.15, 0.2) is 48.5 Å². The molecule has 8 nitrogen and oxygen atoms in total. The molecule has 2 heterocycles. The van der Waals surface area contributed by atoms with Gasteiger partial charge in [0.25, 0.3) is 0 Å². The molecule has 0 bridgehead atoms. The summed E-state index contributed by atoms with van der Waals surface area (Å²) in [4.78, 5) is 40.1. The Morgan fingerprint density at radius 1 is 1.03 bits per heavy atom. The number of carbonyl (C=O) groups excluding carboxylic acids is 3. The lowest BCUT2D eigenvalue weighted by Crippen LogP contribution is -2.39. The van der Waals surface area contributed by atoms with Crippen LogP contribution in [0.2, 0.25) is 0 Å². The Bertz CT molecular complexity index is 1010. The SMILES string of the molecule is O=C(CCC(=O)c1ccccc1)NC[C@H]1CN(c2cccc(F)c2N2CCOCC2)C(=O)O1. The van der Waals surface area contributed by atoms with Gasteiger partial charge in [0, 0.05) is 31.5 Å². The van der Waals surface area contributed by atoms with E-state index in [0.29, 0.717) is 43.2 Å². The minimum Gasteiger partial charge on any atom is -0.442 e. The smallest absolute Gasteiger partial charge is 0.414 e. The number of rotatable bonds is 8. The Kier molecular flexibility index (Phi) is 7.19. The molecule has 0 radical (unpaired) electrons. The predicted octanol–water partition coefficient (Wildman–Crippen LogP) is 2.77. The molecule has 2 aromatic rings. The maximum atomic E-state index is 14.7. The third kappa shape index (κ3) is 5.48. The van der Waals surface area contributed by atoms with Crippen molar-refractivity contribution in [2.75, 3.05) is 49.2 Å². The van der Waals surface area contributed by atoms with E-state index in [-0.39, 0.29) is 37.6 Å². The fourth-order valence-electron chi connectivity index (χ4n) is 3.96. The second-order valence-electron chi connectivity index (χ2n) is 7.92. The van der Waals surface area contributed by atoms with E-state index in [0.717, 1.165) is 0 Å². The van der Waals surface area contributed by atoms with Crippen LogP contribution >= 0.6 is 0 Å². The summed E-state index contributed by atoms with van der Waals surface area (Å²) in [5.41, 5.74) is 1.35. The monoisotopic (exact) mass is 455 g/mol. The standard InChI is InChI=1S/C24H26FN3O5/c25-19-7-4-8-20(23(19)27-11-13-32-14-12-27)28-16-18(33-24(28)31)15-26-22(30)10-9-21(29)17-5-2-1-3-6-17/h1-8,18H,9-16H2,(H,26,30)/t18-/m0/s1. The van der Waals surface area contributed by atoms with Gasteiger partial charge in [0.1, 0.15) is 11.9 Å². The average molecular weight is 455 g/mol. The summed E-state index contributed by atoms with van der Waals surface area (Å²) < 4.78 is 25.4. The number of Topliss-reactive ketones (excluding diaryl/α,β-unsaturated/α-hetero) is 1. The number of benzene rings is 2. The molecule has 0 aliphatic carbocycles. The molecule has 2 aliphatic heterocycles. The van der Waals surface area contributed by atoms with Crippen molar-refractivity contribution in [1.82, 2.24) is 5.32 Å². The Hall–Kier alpha value is -3.46. The summed E-state index contributed by atoms with van der Waals surface area (Å²) in [6, 6.07) is 13.4. The molecule has 2 aromatic carbocycles. The van der Waals surface area contributed by atoms with Crippen molar-refractivity contribution < 1.29 is 28.2 Å². The van der Waals surface area contributed by atoms with Crippen LogP contribution in [0.25, 0.3) is 0 Å². The summed E-state index contributed by atoms with van der Waals surface area (Å²) in [6.45, 7) is 2.32. The van der Waals surface area contributed by atoms with Crippen LogP contribution in [-0.2, 0) is 14.3 Å². The highest BCUT2D eigenvalue weighted by molar-refractivity contribution is 5.98. The Morgan fingerprint density at radius 2 is 1.79 bits per heavy atom. The second-order valence-corrected chi connectivity index (χ2v) is 7.92. The van der Waals surface area contributed by atoms with Crippen LogP contribution in [0, 0.1) is 5.82 Å². The van der Waals surface area contributed by atoms with Crippen molar-refractivity contribution in [2.45, 2.75) is 18.9 Å². The molecule has 33 heavy (non-hydrogen) atoms. The van der Waals surface area contributed by atoms with Crippen LogP contribution in [-0.4, -0.2) is 63.3 Å². The summed E-state index contributed by atoms with van der Waals surface area (Å²) in [7, 11) is 0. The molecule has 2 amide bonds. The Morgan fingerprint density at radius 3 is 2.55 bits per heavy atom. The average Bonchev–Trinajstić information content (AvgIpc) is 3.22. The van der Waals surface area contributed by atoms with Gasteiger partial charge in [-0.15, -0.1) is 0 Å². The first-order valence-electron chi connectivity index (χ1n) is 11.0. The lowest BCUT2D eigenvalue weighted by molar-refractivity contribution is -0.121. The lowest BCUT2D eigenvalue weighted by Gasteiger charge is -2.32. The third-order valence-corrected chi connectivity index (χ3v) is 5.66. The van der Waals surface area contributed by atoms with Gasteiger partial charge < -0.3 is 19.7 Å². The zero-order chi connectivity index (χ0) is 23.2. The maximum Gasteiger partial charge on any atom is 0.414 e. The number of halogens is 1. The molecule has 0 spiro atoms. The minimum absolute atomic E-state index is 0.0448. The van der Waals surface area contributed by atoms with Crippen LogP contribution in [0.3, 0.4) is 0 Å². The summed E-state index contributed by atoms with van der Waals surface area (Å²) in [5.74, 6) is -0.818. The fraction of sp³-hybridized carbons (Fsp3) is 0.375. The molecule has 0 saturated carbocycles. The fourth-order valence-corrected chi connectivity index (χ4v) is 3.96. The van der Waals surface area contributed by atoms with Crippen molar-refractivity contribution in [3.8, 4) is 0 Å². The van der Waals surface area contributed by atoms with Crippen LogP contribution in [0.4, 0.5) is 20.6 Å². The van der Waals surface area contributed by atoms with Crippen LogP contribution < -0.4 is 15.1 Å².